The molecular formula is C27H27ClN6O. The number of amides is 1. The van der Waals surface area contributed by atoms with Gasteiger partial charge in [-0.15, -0.1) is 0 Å². The summed E-state index contributed by atoms with van der Waals surface area (Å²) in [6.07, 6.45) is 8.94. The van der Waals surface area contributed by atoms with E-state index < -0.39 is 0 Å². The van der Waals surface area contributed by atoms with Crippen LogP contribution in [0.25, 0.3) is 16.9 Å². The lowest BCUT2D eigenvalue weighted by Crippen LogP contribution is -2.43. The molecule has 178 valence electrons. The number of hydrogen-bond donors (Lipinski definition) is 0. The van der Waals surface area contributed by atoms with Gasteiger partial charge >= 0.3 is 0 Å². The number of rotatable bonds is 6. The maximum atomic E-state index is 13.5. The number of hydrogen-bond acceptors (Lipinski definition) is 5. The highest BCUT2D eigenvalue weighted by Crippen LogP contribution is 2.28. The fourth-order valence-corrected chi connectivity index (χ4v) is 4.70. The maximum absolute atomic E-state index is 13.5. The van der Waals surface area contributed by atoms with Crippen LogP contribution in [0, 0.1) is 5.92 Å². The molecule has 0 saturated carbocycles. The lowest BCUT2D eigenvalue weighted by molar-refractivity contribution is -0.135. The maximum Gasteiger partial charge on any atom is 0.227 e. The summed E-state index contributed by atoms with van der Waals surface area (Å²) in [6, 6.07) is 17.6. The predicted octanol–water partition coefficient (Wildman–Crippen LogP) is 4.86. The molecule has 0 radical (unpaired) electrons. The van der Waals surface area contributed by atoms with Crippen LogP contribution in [0.5, 0.6) is 0 Å². The second-order valence-electron chi connectivity index (χ2n) is 8.83. The Morgan fingerprint density at radius 1 is 1.11 bits per heavy atom. The van der Waals surface area contributed by atoms with Crippen LogP contribution >= 0.6 is 11.6 Å². The Balaban J connectivity index is 1.38. The summed E-state index contributed by atoms with van der Waals surface area (Å²) in [5.41, 5.74) is 3.75. The Morgan fingerprint density at radius 3 is 2.66 bits per heavy atom. The van der Waals surface area contributed by atoms with E-state index >= 15 is 0 Å². The topological polar surface area (TPSA) is 67.2 Å². The van der Waals surface area contributed by atoms with Crippen molar-refractivity contribution in [3.8, 4) is 16.9 Å². The number of carbonyl (C=O) groups is 1. The Morgan fingerprint density at radius 2 is 1.91 bits per heavy atom. The fourth-order valence-electron chi connectivity index (χ4n) is 4.58. The minimum absolute atomic E-state index is 0.0843. The van der Waals surface area contributed by atoms with Gasteiger partial charge in [0.1, 0.15) is 5.82 Å². The third kappa shape index (κ3) is 5.20. The van der Waals surface area contributed by atoms with Crippen molar-refractivity contribution in [2.45, 2.75) is 19.4 Å². The Kier molecular flexibility index (Phi) is 6.77. The second-order valence-corrected chi connectivity index (χ2v) is 9.27. The van der Waals surface area contributed by atoms with Crippen molar-refractivity contribution in [1.82, 2.24) is 24.6 Å². The third-order valence-electron chi connectivity index (χ3n) is 6.36. The number of benzene rings is 2. The van der Waals surface area contributed by atoms with Gasteiger partial charge in [0.2, 0.25) is 5.91 Å². The molecule has 1 aliphatic rings. The molecule has 4 aromatic rings. The number of aromatic nitrogens is 4. The molecule has 1 aliphatic heterocycles. The number of piperidine rings is 1. The Labute approximate surface area is 210 Å². The normalized spacial score (nSPS) is 15.7. The molecule has 1 atom stereocenters. The van der Waals surface area contributed by atoms with Gasteiger partial charge in [-0.2, -0.15) is 5.10 Å². The van der Waals surface area contributed by atoms with Gasteiger partial charge < -0.3 is 9.80 Å². The van der Waals surface area contributed by atoms with E-state index in [9.17, 15) is 4.79 Å². The summed E-state index contributed by atoms with van der Waals surface area (Å²) in [4.78, 5) is 26.0. The quantitative estimate of drug-likeness (QED) is 0.389. The third-order valence-corrected chi connectivity index (χ3v) is 6.61. The van der Waals surface area contributed by atoms with E-state index in [4.69, 9.17) is 16.7 Å². The molecule has 7 nitrogen and oxygen atoms in total. The van der Waals surface area contributed by atoms with Crippen molar-refractivity contribution in [3.63, 3.8) is 0 Å². The van der Waals surface area contributed by atoms with Gasteiger partial charge in [-0.3, -0.25) is 9.78 Å². The smallest absolute Gasteiger partial charge is 0.227 e. The van der Waals surface area contributed by atoms with E-state index in [0.717, 1.165) is 47.7 Å². The molecule has 0 spiro atoms. The van der Waals surface area contributed by atoms with Crippen LogP contribution in [0.1, 0.15) is 18.4 Å². The predicted molar refractivity (Wildman–Crippen MR) is 137 cm³/mol. The Bertz CT molecular complexity index is 1280. The first kappa shape index (κ1) is 23.1. The van der Waals surface area contributed by atoms with Crippen LogP contribution in [-0.2, 0) is 11.3 Å². The van der Waals surface area contributed by atoms with Crippen LogP contribution in [0.15, 0.2) is 79.4 Å². The van der Waals surface area contributed by atoms with E-state index in [2.05, 4.69) is 14.9 Å². The molecule has 0 N–H and O–H groups in total. The zero-order valence-electron chi connectivity index (χ0n) is 19.6. The molecular weight excluding hydrogens is 460 g/mol. The number of para-hydroxylation sites is 1. The summed E-state index contributed by atoms with van der Waals surface area (Å²) in [5.74, 6) is 0.869. The van der Waals surface area contributed by atoms with Crippen molar-refractivity contribution in [3.05, 3.63) is 90.0 Å². The molecule has 2 aromatic carbocycles. The summed E-state index contributed by atoms with van der Waals surface area (Å²) in [7, 11) is 1.87. The molecule has 1 saturated heterocycles. The molecule has 0 aliphatic carbocycles. The first-order chi connectivity index (χ1) is 17.1. The van der Waals surface area contributed by atoms with Crippen LogP contribution < -0.4 is 4.90 Å². The molecule has 5 rings (SSSR count). The van der Waals surface area contributed by atoms with E-state index in [1.165, 1.54) is 0 Å². The summed E-state index contributed by atoms with van der Waals surface area (Å²) < 4.78 is 1.87. The number of anilines is 1. The van der Waals surface area contributed by atoms with E-state index in [1.807, 2.05) is 77.4 Å². The first-order valence-corrected chi connectivity index (χ1v) is 12.1. The van der Waals surface area contributed by atoms with Crippen LogP contribution in [0.4, 0.5) is 5.82 Å². The minimum Gasteiger partial charge on any atom is -0.355 e. The fraction of sp³-hybridized carbons (Fsp3) is 0.259. The molecule has 8 heteroatoms. The molecule has 35 heavy (non-hydrogen) atoms. The largest absolute Gasteiger partial charge is 0.355 e. The average molecular weight is 487 g/mol. The summed E-state index contributed by atoms with van der Waals surface area (Å²) in [6.45, 7) is 2.00. The second kappa shape index (κ2) is 10.3. The van der Waals surface area contributed by atoms with Gasteiger partial charge in [0.05, 0.1) is 23.5 Å². The monoisotopic (exact) mass is 486 g/mol. The highest BCUT2D eigenvalue weighted by atomic mass is 35.5. The van der Waals surface area contributed by atoms with Crippen LogP contribution in [0.2, 0.25) is 5.02 Å². The first-order valence-electron chi connectivity index (χ1n) is 11.7. The summed E-state index contributed by atoms with van der Waals surface area (Å²) >= 11 is 6.12. The number of halogens is 1. The van der Waals surface area contributed by atoms with Gasteiger partial charge in [-0.1, -0.05) is 41.9 Å². The number of nitrogens with zero attached hydrogens (tertiary/aromatic N) is 6. The van der Waals surface area contributed by atoms with Crippen molar-refractivity contribution in [2.75, 3.05) is 25.0 Å². The van der Waals surface area contributed by atoms with Crippen molar-refractivity contribution in [2.24, 2.45) is 5.92 Å². The van der Waals surface area contributed by atoms with Gasteiger partial charge in [0.25, 0.3) is 0 Å². The highest BCUT2D eigenvalue weighted by molar-refractivity contribution is 6.30. The van der Waals surface area contributed by atoms with Crippen molar-refractivity contribution < 1.29 is 4.79 Å². The Hall–Kier alpha value is -3.71. The molecule has 1 fully saturated rings. The van der Waals surface area contributed by atoms with Gasteiger partial charge in [0, 0.05) is 61.4 Å². The number of carbonyl (C=O) groups excluding carboxylic acids is 1. The van der Waals surface area contributed by atoms with E-state index in [0.29, 0.717) is 18.1 Å². The van der Waals surface area contributed by atoms with Gasteiger partial charge in [0.15, 0.2) is 0 Å². The zero-order chi connectivity index (χ0) is 24.2. The van der Waals surface area contributed by atoms with Crippen LogP contribution in [-0.4, -0.2) is 50.7 Å². The van der Waals surface area contributed by atoms with Crippen molar-refractivity contribution >= 4 is 23.3 Å². The average Bonchev–Trinajstić information content (AvgIpc) is 3.33. The van der Waals surface area contributed by atoms with E-state index in [1.54, 1.807) is 18.6 Å². The molecule has 2 aromatic heterocycles. The standard InChI is InChI=1S/C27H27ClN6O/c1-32(27(35)21-6-5-15-33(18-21)25-16-29-13-14-30-25)17-22-19-34(24-7-3-2-4-8-24)31-26(22)20-9-11-23(28)12-10-20/h2-4,7-14,16,19,21H,5-6,15,17-18H2,1H3/t21-/m1/s1. The van der Waals surface area contributed by atoms with Gasteiger partial charge in [-0.05, 0) is 37.1 Å². The van der Waals surface area contributed by atoms with Crippen LogP contribution in [0.3, 0.4) is 0 Å². The SMILES string of the molecule is CN(Cc1cn(-c2ccccc2)nc1-c1ccc(Cl)cc1)C(=O)[C@@H]1CCCN(c2cnccn2)C1. The lowest BCUT2D eigenvalue weighted by Gasteiger charge is -2.34. The van der Waals surface area contributed by atoms with Gasteiger partial charge in [-0.25, -0.2) is 9.67 Å². The molecule has 3 heterocycles. The minimum atomic E-state index is -0.0843. The van der Waals surface area contributed by atoms with Crippen molar-refractivity contribution in [1.29, 1.82) is 0 Å². The molecule has 1 amide bonds. The lowest BCUT2D eigenvalue weighted by atomic mass is 9.96. The molecule has 0 unspecified atom stereocenters. The van der Waals surface area contributed by atoms with E-state index in [-0.39, 0.29) is 11.8 Å². The summed E-state index contributed by atoms with van der Waals surface area (Å²) in [5, 5.41) is 5.55. The zero-order valence-corrected chi connectivity index (χ0v) is 20.3. The molecule has 0 bridgehead atoms. The highest BCUT2D eigenvalue weighted by Gasteiger charge is 2.29.